The number of nitrogens with zero attached hydrogens (tertiary/aromatic N) is 2. The molecule has 1 unspecified atom stereocenters. The molecule has 0 saturated heterocycles. The van der Waals surface area contributed by atoms with Crippen molar-refractivity contribution in [1.29, 1.82) is 0 Å². The van der Waals surface area contributed by atoms with Gasteiger partial charge in [0.25, 0.3) is 0 Å². The molecule has 0 aliphatic rings. The Balaban J connectivity index is 1.80. The van der Waals surface area contributed by atoms with E-state index in [0.717, 1.165) is 16.2 Å². The van der Waals surface area contributed by atoms with Crippen LogP contribution in [0.15, 0.2) is 36.0 Å². The standard InChI is InChI=1S/C14H14FN3OS/c1-9(16)12-3-2-10(15)6-13(12)19-8-11-7-18-4-5-20-14(18)17-11/h2-7,9H,8,16H2,1H3. The summed E-state index contributed by atoms with van der Waals surface area (Å²) in [7, 11) is 0. The molecule has 2 heterocycles. The molecule has 6 heteroatoms. The van der Waals surface area contributed by atoms with Crippen LogP contribution in [0, 0.1) is 5.82 Å². The van der Waals surface area contributed by atoms with Gasteiger partial charge in [-0.1, -0.05) is 6.07 Å². The van der Waals surface area contributed by atoms with Gasteiger partial charge in [-0.3, -0.25) is 4.40 Å². The minimum atomic E-state index is -0.338. The lowest BCUT2D eigenvalue weighted by Crippen LogP contribution is -2.08. The molecule has 0 amide bonds. The van der Waals surface area contributed by atoms with Gasteiger partial charge in [0, 0.05) is 35.4 Å². The van der Waals surface area contributed by atoms with Gasteiger partial charge in [0.1, 0.15) is 18.2 Å². The number of rotatable bonds is 4. The van der Waals surface area contributed by atoms with Gasteiger partial charge in [0.05, 0.1) is 5.69 Å². The zero-order valence-electron chi connectivity index (χ0n) is 10.9. The first-order valence-electron chi connectivity index (χ1n) is 6.22. The largest absolute Gasteiger partial charge is 0.487 e. The van der Waals surface area contributed by atoms with E-state index in [1.165, 1.54) is 12.1 Å². The normalized spacial score (nSPS) is 12.8. The van der Waals surface area contributed by atoms with E-state index in [2.05, 4.69) is 4.98 Å². The Labute approximate surface area is 119 Å². The van der Waals surface area contributed by atoms with Crippen LogP contribution in [-0.4, -0.2) is 9.38 Å². The Hall–Kier alpha value is -1.92. The summed E-state index contributed by atoms with van der Waals surface area (Å²) in [5.41, 5.74) is 7.44. The van der Waals surface area contributed by atoms with E-state index >= 15 is 0 Å². The van der Waals surface area contributed by atoms with Crippen molar-refractivity contribution in [2.24, 2.45) is 5.73 Å². The van der Waals surface area contributed by atoms with Crippen LogP contribution in [-0.2, 0) is 6.61 Å². The molecular weight excluding hydrogens is 277 g/mol. The van der Waals surface area contributed by atoms with E-state index in [1.807, 2.05) is 29.1 Å². The topological polar surface area (TPSA) is 52.5 Å². The molecule has 4 nitrogen and oxygen atoms in total. The number of imidazole rings is 1. The summed E-state index contributed by atoms with van der Waals surface area (Å²) in [5.74, 6) is 0.131. The highest BCUT2D eigenvalue weighted by molar-refractivity contribution is 7.15. The van der Waals surface area contributed by atoms with Crippen molar-refractivity contribution in [2.45, 2.75) is 19.6 Å². The molecular formula is C14H14FN3OS. The summed E-state index contributed by atoms with van der Waals surface area (Å²) < 4.78 is 20.9. The molecule has 0 aliphatic carbocycles. The van der Waals surface area contributed by atoms with Crippen LogP contribution in [0.5, 0.6) is 5.75 Å². The number of halogens is 1. The number of benzene rings is 1. The first-order chi connectivity index (χ1) is 9.63. The minimum Gasteiger partial charge on any atom is -0.487 e. The number of ether oxygens (including phenoxy) is 1. The molecule has 0 fully saturated rings. The van der Waals surface area contributed by atoms with Crippen molar-refractivity contribution < 1.29 is 9.13 Å². The number of hydrogen-bond acceptors (Lipinski definition) is 4. The van der Waals surface area contributed by atoms with Crippen molar-refractivity contribution in [3.05, 3.63) is 53.0 Å². The van der Waals surface area contributed by atoms with Crippen LogP contribution in [0.4, 0.5) is 4.39 Å². The SMILES string of the molecule is CC(N)c1ccc(F)cc1OCc1cn2ccsc2n1. The van der Waals surface area contributed by atoms with Crippen LogP contribution in [0.25, 0.3) is 4.96 Å². The molecule has 0 spiro atoms. The van der Waals surface area contributed by atoms with Crippen LogP contribution in [0.3, 0.4) is 0 Å². The molecule has 2 N–H and O–H groups in total. The number of hydrogen-bond donors (Lipinski definition) is 1. The van der Waals surface area contributed by atoms with Crippen LogP contribution < -0.4 is 10.5 Å². The van der Waals surface area contributed by atoms with Gasteiger partial charge < -0.3 is 10.5 Å². The summed E-state index contributed by atoms with van der Waals surface area (Å²) >= 11 is 1.56. The first kappa shape index (κ1) is 13.1. The first-order valence-corrected chi connectivity index (χ1v) is 7.10. The highest BCUT2D eigenvalue weighted by Crippen LogP contribution is 2.25. The highest BCUT2D eigenvalue weighted by atomic mass is 32.1. The molecule has 20 heavy (non-hydrogen) atoms. The van der Waals surface area contributed by atoms with E-state index < -0.39 is 0 Å². The fourth-order valence-electron chi connectivity index (χ4n) is 2.01. The zero-order valence-corrected chi connectivity index (χ0v) is 11.7. The second-order valence-electron chi connectivity index (χ2n) is 4.58. The quantitative estimate of drug-likeness (QED) is 0.803. The molecule has 2 aromatic heterocycles. The molecule has 0 bridgehead atoms. The second kappa shape index (κ2) is 5.22. The van der Waals surface area contributed by atoms with Gasteiger partial charge >= 0.3 is 0 Å². The minimum absolute atomic E-state index is 0.212. The fraction of sp³-hybridized carbons (Fsp3) is 0.214. The van der Waals surface area contributed by atoms with Crippen LogP contribution in [0.2, 0.25) is 0 Å². The summed E-state index contributed by atoms with van der Waals surface area (Å²) in [6, 6.07) is 4.19. The third-order valence-corrected chi connectivity index (χ3v) is 3.76. The van der Waals surface area contributed by atoms with Crippen molar-refractivity contribution in [3.63, 3.8) is 0 Å². The monoisotopic (exact) mass is 291 g/mol. The van der Waals surface area contributed by atoms with E-state index in [0.29, 0.717) is 5.75 Å². The lowest BCUT2D eigenvalue weighted by Gasteiger charge is -2.13. The maximum atomic E-state index is 13.3. The van der Waals surface area contributed by atoms with Gasteiger partial charge in [-0.05, 0) is 13.0 Å². The summed E-state index contributed by atoms with van der Waals surface area (Å²) in [6.45, 7) is 2.13. The Morgan fingerprint density at radius 3 is 3.10 bits per heavy atom. The maximum Gasteiger partial charge on any atom is 0.193 e. The van der Waals surface area contributed by atoms with E-state index in [1.54, 1.807) is 17.4 Å². The fourth-order valence-corrected chi connectivity index (χ4v) is 2.73. The predicted molar refractivity (Wildman–Crippen MR) is 76.4 cm³/mol. The van der Waals surface area contributed by atoms with Crippen molar-refractivity contribution in [1.82, 2.24) is 9.38 Å². The third-order valence-electron chi connectivity index (χ3n) is 2.98. The van der Waals surface area contributed by atoms with E-state index in [4.69, 9.17) is 10.5 Å². The van der Waals surface area contributed by atoms with E-state index in [-0.39, 0.29) is 18.5 Å². The lowest BCUT2D eigenvalue weighted by atomic mass is 10.1. The Kier molecular flexibility index (Phi) is 3.42. The van der Waals surface area contributed by atoms with Gasteiger partial charge in [-0.25, -0.2) is 9.37 Å². The van der Waals surface area contributed by atoms with Gasteiger partial charge in [0.15, 0.2) is 4.96 Å². The van der Waals surface area contributed by atoms with Gasteiger partial charge in [-0.2, -0.15) is 0 Å². The number of thiazole rings is 1. The Bertz CT molecular complexity index is 706. The van der Waals surface area contributed by atoms with Crippen LogP contribution in [0.1, 0.15) is 24.2 Å². The lowest BCUT2D eigenvalue weighted by molar-refractivity contribution is 0.296. The maximum absolute atomic E-state index is 13.3. The van der Waals surface area contributed by atoms with Crippen molar-refractivity contribution in [3.8, 4) is 5.75 Å². The predicted octanol–water partition coefficient (Wildman–Crippen LogP) is 3.13. The molecule has 0 radical (unpaired) electrons. The summed E-state index contributed by atoms with van der Waals surface area (Å²) in [5, 5.41) is 1.97. The number of fused-ring (bicyclic) bond motifs is 1. The van der Waals surface area contributed by atoms with Crippen LogP contribution >= 0.6 is 11.3 Å². The molecule has 0 aliphatic heterocycles. The molecule has 1 atom stereocenters. The Morgan fingerprint density at radius 1 is 1.50 bits per heavy atom. The Morgan fingerprint density at radius 2 is 2.35 bits per heavy atom. The zero-order chi connectivity index (χ0) is 14.1. The van der Waals surface area contributed by atoms with Gasteiger partial charge in [-0.15, -0.1) is 11.3 Å². The average Bonchev–Trinajstić information content (AvgIpc) is 2.96. The van der Waals surface area contributed by atoms with Crippen molar-refractivity contribution in [2.75, 3.05) is 0 Å². The number of nitrogens with two attached hydrogens (primary N) is 1. The number of aromatic nitrogens is 2. The van der Waals surface area contributed by atoms with E-state index in [9.17, 15) is 4.39 Å². The third kappa shape index (κ3) is 2.52. The average molecular weight is 291 g/mol. The smallest absolute Gasteiger partial charge is 0.193 e. The highest BCUT2D eigenvalue weighted by Gasteiger charge is 2.11. The molecule has 3 rings (SSSR count). The molecule has 3 aromatic rings. The summed E-state index contributed by atoms with van der Waals surface area (Å²) in [6.07, 6.45) is 3.84. The summed E-state index contributed by atoms with van der Waals surface area (Å²) in [4.78, 5) is 5.33. The molecule has 104 valence electrons. The molecule has 0 saturated carbocycles. The van der Waals surface area contributed by atoms with Gasteiger partial charge in [0.2, 0.25) is 0 Å². The second-order valence-corrected chi connectivity index (χ2v) is 5.46. The molecule has 1 aromatic carbocycles. The van der Waals surface area contributed by atoms with Crippen molar-refractivity contribution >= 4 is 16.3 Å².